The molecule has 3 nitrogen and oxygen atoms in total. The van der Waals surface area contributed by atoms with Crippen LogP contribution in [-0.4, -0.2) is 29.9 Å². The summed E-state index contributed by atoms with van der Waals surface area (Å²) in [5.74, 6) is 0. The van der Waals surface area contributed by atoms with Crippen molar-refractivity contribution in [2.24, 2.45) is 0 Å². The van der Waals surface area contributed by atoms with Crippen LogP contribution in [-0.2, 0) is 17.4 Å². The molecule has 0 spiro atoms. The number of nitrogens with one attached hydrogen (secondary N) is 1. The fraction of sp³-hybridized carbons (Fsp3) is 0.625. The number of fused-ring (bicyclic) bond motifs is 1. The van der Waals surface area contributed by atoms with E-state index in [1.54, 1.807) is 0 Å². The van der Waals surface area contributed by atoms with Gasteiger partial charge in [-0.3, -0.25) is 4.57 Å². The van der Waals surface area contributed by atoms with Gasteiger partial charge in [-0.25, -0.2) is 0 Å². The lowest BCUT2D eigenvalue weighted by Crippen LogP contribution is -3.11. The van der Waals surface area contributed by atoms with Crippen LogP contribution in [0.15, 0.2) is 24.3 Å². The first-order valence-electron chi connectivity index (χ1n) is 7.87. The summed E-state index contributed by atoms with van der Waals surface area (Å²) in [5, 5.41) is 0. The van der Waals surface area contributed by atoms with Crippen molar-refractivity contribution < 1.29 is 14.4 Å². The van der Waals surface area contributed by atoms with Crippen LogP contribution in [0.4, 0.5) is 0 Å². The summed E-state index contributed by atoms with van der Waals surface area (Å²) in [4.78, 5) is 11.9. The van der Waals surface area contributed by atoms with E-state index in [2.05, 4.69) is 12.1 Å². The number of hydrogen-bond acceptors (Lipinski definition) is 1. The molecule has 110 valence electrons. The van der Waals surface area contributed by atoms with Gasteiger partial charge in [-0.1, -0.05) is 24.3 Å². The molecule has 0 saturated carbocycles. The summed E-state index contributed by atoms with van der Waals surface area (Å²) in [6.45, 7) is 2.15. The normalized spacial score (nSPS) is 24.1. The second-order valence-corrected chi connectivity index (χ2v) is 8.97. The summed E-state index contributed by atoms with van der Waals surface area (Å²) >= 11 is 0. The number of quaternary nitrogens is 1. The van der Waals surface area contributed by atoms with Gasteiger partial charge in [0, 0.05) is 5.66 Å². The smallest absolute Gasteiger partial charge is 0.256 e. The third-order valence-corrected chi connectivity index (χ3v) is 7.27. The molecule has 1 aliphatic heterocycles. The van der Waals surface area contributed by atoms with Gasteiger partial charge in [0.2, 0.25) is 0 Å². The average molecular weight is 294 g/mol. The van der Waals surface area contributed by atoms with Crippen molar-refractivity contribution in [2.45, 2.75) is 44.2 Å². The average Bonchev–Trinajstić information content (AvgIpc) is 2.72. The molecule has 1 unspecified atom stereocenters. The van der Waals surface area contributed by atoms with Crippen molar-refractivity contribution in [3.05, 3.63) is 35.4 Å². The van der Waals surface area contributed by atoms with Gasteiger partial charge in [-0.05, 0) is 49.7 Å². The lowest BCUT2D eigenvalue weighted by atomic mass is 10.1. The topological polar surface area (TPSA) is 41.7 Å². The molecular weight excluding hydrogens is 269 g/mol. The number of likely N-dealkylation sites (tertiary alicyclic amines) is 1. The first-order valence-corrected chi connectivity index (χ1v) is 9.78. The van der Waals surface area contributed by atoms with E-state index in [1.165, 1.54) is 41.7 Å². The molecule has 1 heterocycles. The summed E-state index contributed by atoms with van der Waals surface area (Å²) in [6, 6.07) is 8.27. The zero-order valence-electron chi connectivity index (χ0n) is 12.1. The van der Waals surface area contributed by atoms with Crippen LogP contribution in [0.25, 0.3) is 0 Å². The Balaban J connectivity index is 1.65. The quantitative estimate of drug-likeness (QED) is 0.835. The van der Waals surface area contributed by atoms with E-state index in [0.29, 0.717) is 6.29 Å². The molecule has 1 saturated heterocycles. The minimum absolute atomic E-state index is 0.0457. The summed E-state index contributed by atoms with van der Waals surface area (Å²) in [6.07, 6.45) is 7.04. The molecular formula is C16H25NO2P+. The van der Waals surface area contributed by atoms with Gasteiger partial charge >= 0.3 is 0 Å². The molecule has 3 rings (SSSR count). The predicted octanol–water partition coefficient (Wildman–Crippen LogP) is 1.84. The van der Waals surface area contributed by atoms with Crippen LogP contribution in [0.5, 0.6) is 0 Å². The van der Waals surface area contributed by atoms with Crippen LogP contribution in [0.1, 0.15) is 36.8 Å². The molecule has 2 aliphatic rings. The summed E-state index contributed by atoms with van der Waals surface area (Å²) < 4.78 is 12.8. The van der Waals surface area contributed by atoms with Gasteiger partial charge in [0.1, 0.15) is 0 Å². The van der Waals surface area contributed by atoms with Gasteiger partial charge in [-0.15, -0.1) is 0 Å². The molecule has 2 N–H and O–H groups in total. The monoisotopic (exact) mass is 294 g/mol. The predicted molar refractivity (Wildman–Crippen MR) is 81.5 cm³/mol. The van der Waals surface area contributed by atoms with Crippen LogP contribution in [0.2, 0.25) is 0 Å². The van der Waals surface area contributed by atoms with Crippen LogP contribution in [0.3, 0.4) is 0 Å². The molecule has 1 aliphatic carbocycles. The second kappa shape index (κ2) is 6.01. The zero-order valence-corrected chi connectivity index (χ0v) is 12.9. The van der Waals surface area contributed by atoms with Crippen molar-refractivity contribution in [1.82, 2.24) is 0 Å². The minimum Gasteiger partial charge on any atom is -0.340 e. The maximum atomic E-state index is 12.8. The largest absolute Gasteiger partial charge is 0.340 e. The maximum Gasteiger partial charge on any atom is 0.256 e. The molecule has 4 heteroatoms. The third kappa shape index (κ3) is 3.16. The molecule has 1 fully saturated rings. The molecule has 0 bridgehead atoms. The van der Waals surface area contributed by atoms with E-state index in [1.807, 2.05) is 12.1 Å². The number of rotatable bonds is 3. The van der Waals surface area contributed by atoms with Crippen LogP contribution < -0.4 is 4.90 Å². The fourth-order valence-electron chi connectivity index (χ4n) is 3.66. The Labute approximate surface area is 121 Å². The highest BCUT2D eigenvalue weighted by atomic mass is 31.2. The number of hydrogen-bond donors (Lipinski definition) is 2. The second-order valence-electron chi connectivity index (χ2n) is 6.41. The van der Waals surface area contributed by atoms with E-state index in [4.69, 9.17) is 0 Å². The minimum atomic E-state index is -3.05. The third-order valence-electron chi connectivity index (χ3n) is 4.86. The Bertz CT molecular complexity index is 484. The van der Waals surface area contributed by atoms with Gasteiger partial charge < -0.3 is 9.79 Å². The van der Waals surface area contributed by atoms with E-state index in [9.17, 15) is 9.46 Å². The van der Waals surface area contributed by atoms with Crippen LogP contribution >= 0.6 is 7.37 Å². The first kappa shape index (κ1) is 14.3. The molecule has 0 radical (unpaired) electrons. The highest BCUT2D eigenvalue weighted by Gasteiger charge is 2.39. The van der Waals surface area contributed by atoms with Gasteiger partial charge in [0.05, 0.1) is 13.1 Å². The zero-order chi connectivity index (χ0) is 14.0. The van der Waals surface area contributed by atoms with E-state index >= 15 is 0 Å². The Hall–Kier alpha value is -0.630. The van der Waals surface area contributed by atoms with Crippen molar-refractivity contribution in [3.8, 4) is 0 Å². The lowest BCUT2D eigenvalue weighted by molar-refractivity contribution is -0.888. The highest BCUT2D eigenvalue weighted by Crippen LogP contribution is 2.50. The molecule has 1 atom stereocenters. The van der Waals surface area contributed by atoms with Crippen molar-refractivity contribution >= 4 is 7.37 Å². The Kier molecular flexibility index (Phi) is 4.30. The van der Waals surface area contributed by atoms with Gasteiger partial charge in [-0.2, -0.15) is 0 Å². The van der Waals surface area contributed by atoms with E-state index in [-0.39, 0.29) is 5.66 Å². The molecule has 0 aromatic heterocycles. The van der Waals surface area contributed by atoms with E-state index < -0.39 is 7.37 Å². The van der Waals surface area contributed by atoms with E-state index in [0.717, 1.165) is 25.9 Å². The van der Waals surface area contributed by atoms with Crippen molar-refractivity contribution in [2.75, 3.05) is 19.4 Å². The molecule has 20 heavy (non-hydrogen) atoms. The standard InChI is InChI=1S/C16H24NO2P/c18-20(19,13-17-9-5-1-2-6-10-17)16-11-14-7-3-4-8-15(14)12-16/h3-4,7-8,16H,1-2,5-6,9-13H2,(H,18,19)/p+1. The lowest BCUT2D eigenvalue weighted by Gasteiger charge is -2.24. The molecule has 1 aromatic rings. The Morgan fingerprint density at radius 3 is 2.15 bits per heavy atom. The fourth-order valence-corrected chi connectivity index (χ4v) is 5.84. The number of benzene rings is 1. The van der Waals surface area contributed by atoms with Gasteiger partial charge in [0.25, 0.3) is 7.37 Å². The Morgan fingerprint density at radius 2 is 1.60 bits per heavy atom. The highest BCUT2D eigenvalue weighted by molar-refractivity contribution is 7.58. The maximum absolute atomic E-state index is 12.8. The van der Waals surface area contributed by atoms with Gasteiger partial charge in [0.15, 0.2) is 6.29 Å². The van der Waals surface area contributed by atoms with Crippen molar-refractivity contribution in [3.63, 3.8) is 0 Å². The SMILES string of the molecule is O=P(O)(C[NH+]1CCCCCC1)C1Cc2ccccc2C1. The summed E-state index contributed by atoms with van der Waals surface area (Å²) in [5.41, 5.74) is 2.51. The van der Waals surface area contributed by atoms with Crippen LogP contribution in [0, 0.1) is 0 Å². The molecule has 1 aromatic carbocycles. The Morgan fingerprint density at radius 1 is 1.05 bits per heavy atom. The summed E-state index contributed by atoms with van der Waals surface area (Å²) in [7, 11) is -3.05. The first-order chi connectivity index (χ1) is 9.65. The van der Waals surface area contributed by atoms with Crippen molar-refractivity contribution in [1.29, 1.82) is 0 Å². The molecule has 0 amide bonds.